The fourth-order valence-corrected chi connectivity index (χ4v) is 4.68. The van der Waals surface area contributed by atoms with E-state index in [1.54, 1.807) is 11.4 Å². The highest BCUT2D eigenvalue weighted by Gasteiger charge is 2.35. The summed E-state index contributed by atoms with van der Waals surface area (Å²) >= 11 is 0. The highest BCUT2D eigenvalue weighted by molar-refractivity contribution is 7.87. The van der Waals surface area contributed by atoms with Crippen LogP contribution in [-0.2, 0) is 10.2 Å². The summed E-state index contributed by atoms with van der Waals surface area (Å²) < 4.78 is 29.5. The van der Waals surface area contributed by atoms with Crippen molar-refractivity contribution < 1.29 is 8.42 Å². The Morgan fingerprint density at radius 1 is 1.16 bits per heavy atom. The van der Waals surface area contributed by atoms with Gasteiger partial charge in [0.1, 0.15) is 0 Å². The summed E-state index contributed by atoms with van der Waals surface area (Å²) in [6.07, 6.45) is 7.22. The molecule has 0 aromatic rings. The average Bonchev–Trinajstić information content (AvgIpc) is 2.38. The standard InChI is InChI=1S/C13H27N3O2S/c1-13(8-10-14-11-9-13)15-19(17,18)16(2)12-6-4-3-5-7-12/h12,14-15H,3-11H2,1-2H3. The average molecular weight is 289 g/mol. The van der Waals surface area contributed by atoms with Gasteiger partial charge in [-0.05, 0) is 45.7 Å². The van der Waals surface area contributed by atoms with Gasteiger partial charge in [0, 0.05) is 18.6 Å². The lowest BCUT2D eigenvalue weighted by molar-refractivity contribution is 0.263. The maximum absolute atomic E-state index is 12.5. The fraction of sp³-hybridized carbons (Fsp3) is 1.00. The Labute approximate surface area is 117 Å². The minimum absolute atomic E-state index is 0.177. The van der Waals surface area contributed by atoms with Crippen LogP contribution in [0.1, 0.15) is 51.9 Å². The Kier molecular flexibility index (Phi) is 4.87. The van der Waals surface area contributed by atoms with Crippen LogP contribution in [0.25, 0.3) is 0 Å². The first-order chi connectivity index (χ1) is 8.93. The van der Waals surface area contributed by atoms with Crippen LogP contribution in [0.5, 0.6) is 0 Å². The maximum Gasteiger partial charge on any atom is 0.279 e. The number of nitrogens with zero attached hydrogens (tertiary/aromatic N) is 1. The molecule has 0 amide bonds. The molecule has 2 rings (SSSR count). The van der Waals surface area contributed by atoms with E-state index in [4.69, 9.17) is 0 Å². The van der Waals surface area contributed by atoms with Gasteiger partial charge in [0.25, 0.3) is 10.2 Å². The van der Waals surface area contributed by atoms with Crippen molar-refractivity contribution in [1.82, 2.24) is 14.3 Å². The van der Waals surface area contributed by atoms with E-state index in [1.165, 1.54) is 6.42 Å². The predicted molar refractivity (Wildman–Crippen MR) is 77.2 cm³/mol. The second-order valence-electron chi connectivity index (χ2n) is 6.23. The molecule has 0 bridgehead atoms. The van der Waals surface area contributed by atoms with Gasteiger partial charge in [0.05, 0.1) is 0 Å². The van der Waals surface area contributed by atoms with Gasteiger partial charge < -0.3 is 5.32 Å². The summed E-state index contributed by atoms with van der Waals surface area (Å²) in [6, 6.07) is 0.177. The SMILES string of the molecule is CN(C1CCCCC1)S(=O)(=O)NC1(C)CCNCC1. The van der Waals surface area contributed by atoms with Crippen molar-refractivity contribution in [2.45, 2.75) is 63.5 Å². The molecule has 6 heteroatoms. The number of hydrogen-bond donors (Lipinski definition) is 2. The van der Waals surface area contributed by atoms with Crippen molar-refractivity contribution >= 4 is 10.2 Å². The third kappa shape index (κ3) is 3.90. The van der Waals surface area contributed by atoms with Crippen molar-refractivity contribution in [3.63, 3.8) is 0 Å². The molecule has 19 heavy (non-hydrogen) atoms. The molecule has 2 aliphatic rings. The molecule has 0 radical (unpaired) electrons. The summed E-state index contributed by atoms with van der Waals surface area (Å²) in [5, 5.41) is 3.27. The van der Waals surface area contributed by atoms with Gasteiger partial charge in [-0.25, -0.2) is 0 Å². The quantitative estimate of drug-likeness (QED) is 0.818. The Bertz CT molecular complexity index is 385. The van der Waals surface area contributed by atoms with Gasteiger partial charge in [-0.15, -0.1) is 0 Å². The van der Waals surface area contributed by atoms with E-state index in [2.05, 4.69) is 10.0 Å². The first-order valence-corrected chi connectivity index (χ1v) is 8.85. The van der Waals surface area contributed by atoms with Crippen molar-refractivity contribution in [3.05, 3.63) is 0 Å². The Morgan fingerprint density at radius 2 is 1.74 bits per heavy atom. The molecule has 0 spiro atoms. The smallest absolute Gasteiger partial charge is 0.279 e. The third-order valence-electron chi connectivity index (χ3n) is 4.55. The van der Waals surface area contributed by atoms with Gasteiger partial charge in [-0.1, -0.05) is 19.3 Å². The Hall–Kier alpha value is -0.170. The molecule has 112 valence electrons. The van der Waals surface area contributed by atoms with E-state index in [-0.39, 0.29) is 11.6 Å². The molecular formula is C13H27N3O2S. The van der Waals surface area contributed by atoms with Crippen molar-refractivity contribution in [1.29, 1.82) is 0 Å². The highest BCUT2D eigenvalue weighted by atomic mass is 32.2. The molecule has 1 aliphatic carbocycles. The molecular weight excluding hydrogens is 262 g/mol. The van der Waals surface area contributed by atoms with Crippen LogP contribution in [0.2, 0.25) is 0 Å². The molecule has 5 nitrogen and oxygen atoms in total. The van der Waals surface area contributed by atoms with Crippen molar-refractivity contribution in [2.24, 2.45) is 0 Å². The molecule has 2 N–H and O–H groups in total. The lowest BCUT2D eigenvalue weighted by Gasteiger charge is -2.38. The Balaban J connectivity index is 2.00. The predicted octanol–water partition coefficient (Wildman–Crippen LogP) is 1.23. The summed E-state index contributed by atoms with van der Waals surface area (Å²) in [7, 11) is -1.64. The summed E-state index contributed by atoms with van der Waals surface area (Å²) in [4.78, 5) is 0. The van der Waals surface area contributed by atoms with Crippen LogP contribution in [-0.4, -0.2) is 44.4 Å². The molecule has 1 aliphatic heterocycles. The first kappa shape index (κ1) is 15.2. The van der Waals surface area contributed by atoms with E-state index in [9.17, 15) is 8.42 Å². The number of piperidine rings is 1. The van der Waals surface area contributed by atoms with Crippen LogP contribution in [0, 0.1) is 0 Å². The molecule has 1 heterocycles. The zero-order valence-corrected chi connectivity index (χ0v) is 12.9. The topological polar surface area (TPSA) is 61.4 Å². The lowest BCUT2D eigenvalue weighted by atomic mass is 9.92. The van der Waals surface area contributed by atoms with Gasteiger partial charge in [-0.3, -0.25) is 0 Å². The lowest BCUT2D eigenvalue weighted by Crippen LogP contribution is -2.56. The maximum atomic E-state index is 12.5. The van der Waals surface area contributed by atoms with E-state index >= 15 is 0 Å². The Morgan fingerprint density at radius 3 is 2.32 bits per heavy atom. The van der Waals surface area contributed by atoms with Crippen molar-refractivity contribution in [3.8, 4) is 0 Å². The van der Waals surface area contributed by atoms with Crippen molar-refractivity contribution in [2.75, 3.05) is 20.1 Å². The monoisotopic (exact) mass is 289 g/mol. The van der Waals surface area contributed by atoms with Crippen LogP contribution in [0.3, 0.4) is 0 Å². The molecule has 0 unspecified atom stereocenters. The van der Waals surface area contributed by atoms with Crippen LogP contribution in [0.4, 0.5) is 0 Å². The largest absolute Gasteiger partial charge is 0.317 e. The number of rotatable bonds is 4. The van der Waals surface area contributed by atoms with Crippen LogP contribution in [0.15, 0.2) is 0 Å². The molecule has 1 saturated carbocycles. The summed E-state index contributed by atoms with van der Waals surface area (Å²) in [5.74, 6) is 0. The van der Waals surface area contributed by atoms with Crippen LogP contribution >= 0.6 is 0 Å². The minimum Gasteiger partial charge on any atom is -0.317 e. The van der Waals surface area contributed by atoms with E-state index < -0.39 is 10.2 Å². The molecule has 1 saturated heterocycles. The third-order valence-corrected chi connectivity index (χ3v) is 6.36. The number of hydrogen-bond acceptors (Lipinski definition) is 3. The van der Waals surface area contributed by atoms with Gasteiger partial charge in [0.2, 0.25) is 0 Å². The molecule has 2 fully saturated rings. The molecule has 0 aromatic carbocycles. The normalized spacial score (nSPS) is 25.6. The van der Waals surface area contributed by atoms with E-state index in [0.717, 1.165) is 51.6 Å². The minimum atomic E-state index is -3.36. The first-order valence-electron chi connectivity index (χ1n) is 7.41. The van der Waals surface area contributed by atoms with Gasteiger partial charge >= 0.3 is 0 Å². The second-order valence-corrected chi connectivity index (χ2v) is 7.96. The van der Waals surface area contributed by atoms with E-state index in [1.807, 2.05) is 6.92 Å². The highest BCUT2D eigenvalue weighted by Crippen LogP contribution is 2.25. The number of nitrogens with one attached hydrogen (secondary N) is 2. The van der Waals surface area contributed by atoms with Gasteiger partial charge in [-0.2, -0.15) is 17.4 Å². The second kappa shape index (κ2) is 6.08. The molecule has 0 atom stereocenters. The summed E-state index contributed by atoms with van der Waals surface area (Å²) in [5.41, 5.74) is -0.299. The summed E-state index contributed by atoms with van der Waals surface area (Å²) in [6.45, 7) is 3.78. The zero-order valence-electron chi connectivity index (χ0n) is 12.1. The molecule has 0 aromatic heterocycles. The van der Waals surface area contributed by atoms with Gasteiger partial charge in [0.15, 0.2) is 0 Å². The fourth-order valence-electron chi connectivity index (χ4n) is 3.10. The zero-order chi connectivity index (χ0) is 13.9. The van der Waals surface area contributed by atoms with Crippen LogP contribution < -0.4 is 10.0 Å². The van der Waals surface area contributed by atoms with E-state index in [0.29, 0.717) is 0 Å².